The molecule has 1 aliphatic heterocycles. The lowest BCUT2D eigenvalue weighted by molar-refractivity contribution is -0.140. The molecule has 0 spiro atoms. The van der Waals surface area contributed by atoms with Crippen molar-refractivity contribution < 1.29 is 19.4 Å². The minimum Gasteiger partial charge on any atom is -0.505 e. The van der Waals surface area contributed by atoms with Crippen LogP contribution in [0.15, 0.2) is 48.2 Å². The first-order valence-electron chi connectivity index (χ1n) is 11.3. The van der Waals surface area contributed by atoms with Gasteiger partial charge in [-0.05, 0) is 64.2 Å². The van der Waals surface area contributed by atoms with Gasteiger partial charge >= 0.3 is 0 Å². The second kappa shape index (κ2) is 9.30. The van der Waals surface area contributed by atoms with Gasteiger partial charge in [-0.15, -0.1) is 0 Å². The van der Waals surface area contributed by atoms with Crippen LogP contribution in [0.25, 0.3) is 11.4 Å². The fourth-order valence-corrected chi connectivity index (χ4v) is 4.41. The molecule has 3 aromatic rings. The van der Waals surface area contributed by atoms with Crippen LogP contribution < -0.4 is 4.74 Å². The largest absolute Gasteiger partial charge is 0.505 e. The van der Waals surface area contributed by atoms with Gasteiger partial charge in [-0.3, -0.25) is 14.0 Å². The average molecular weight is 463 g/mol. The average Bonchev–Trinajstić information content (AvgIpc) is 3.27. The number of aryl methyl sites for hydroxylation is 2. The number of amides is 1. The fraction of sp³-hybridized carbons (Fsp3) is 0.346. The molecule has 8 nitrogen and oxygen atoms in total. The molecule has 1 aromatic carbocycles. The van der Waals surface area contributed by atoms with Crippen molar-refractivity contribution in [2.24, 2.45) is 0 Å². The second-order valence-corrected chi connectivity index (χ2v) is 8.73. The summed E-state index contributed by atoms with van der Waals surface area (Å²) in [4.78, 5) is 34.5. The summed E-state index contributed by atoms with van der Waals surface area (Å²) in [5, 5.41) is 11.5. The third-order valence-electron chi connectivity index (χ3n) is 6.08. The standard InChI is InChI=1S/C26H30N4O4/c1-6-34-19-11-9-18(10-12-19)22-20(24(32)26(33)30(22)15-14-28(4)5)23(31)21-17(3)27-25-16(2)8-7-13-29(21)25/h7-13,22,31H,6,14-15H2,1-5H3/b23-20+/t22-/m1/s1. The molecular weight excluding hydrogens is 432 g/mol. The van der Waals surface area contributed by atoms with Gasteiger partial charge in [0.1, 0.15) is 17.1 Å². The lowest BCUT2D eigenvalue weighted by Crippen LogP contribution is -2.35. The van der Waals surface area contributed by atoms with Crippen LogP contribution in [0.4, 0.5) is 0 Å². The Morgan fingerprint density at radius 3 is 2.50 bits per heavy atom. The van der Waals surface area contributed by atoms with Gasteiger partial charge in [0.15, 0.2) is 5.76 Å². The predicted molar refractivity (Wildman–Crippen MR) is 130 cm³/mol. The molecule has 1 fully saturated rings. The first-order chi connectivity index (χ1) is 16.2. The summed E-state index contributed by atoms with van der Waals surface area (Å²) < 4.78 is 7.32. The summed E-state index contributed by atoms with van der Waals surface area (Å²) in [6, 6.07) is 10.4. The van der Waals surface area contributed by atoms with Gasteiger partial charge in [-0.25, -0.2) is 4.98 Å². The maximum absolute atomic E-state index is 13.3. The minimum absolute atomic E-state index is 0.0688. The summed E-state index contributed by atoms with van der Waals surface area (Å²) in [5.41, 5.74) is 3.43. The molecule has 0 unspecified atom stereocenters. The Kier molecular flexibility index (Phi) is 6.43. The van der Waals surface area contributed by atoms with Crippen molar-refractivity contribution in [3.05, 3.63) is 70.7 Å². The van der Waals surface area contributed by atoms with Crippen molar-refractivity contribution in [3.8, 4) is 5.75 Å². The fourth-order valence-electron chi connectivity index (χ4n) is 4.41. The number of nitrogens with zero attached hydrogens (tertiary/aromatic N) is 4. The van der Waals surface area contributed by atoms with E-state index in [2.05, 4.69) is 4.98 Å². The molecule has 0 saturated carbocycles. The Morgan fingerprint density at radius 1 is 1.15 bits per heavy atom. The Morgan fingerprint density at radius 2 is 1.85 bits per heavy atom. The number of carbonyl (C=O) groups is 2. The molecule has 8 heteroatoms. The lowest BCUT2D eigenvalue weighted by Gasteiger charge is -2.26. The van der Waals surface area contributed by atoms with E-state index in [4.69, 9.17) is 4.74 Å². The Hall–Kier alpha value is -3.65. The topological polar surface area (TPSA) is 87.4 Å². The molecule has 3 heterocycles. The maximum Gasteiger partial charge on any atom is 0.295 e. The van der Waals surface area contributed by atoms with Crippen molar-refractivity contribution in [3.63, 3.8) is 0 Å². The van der Waals surface area contributed by atoms with Gasteiger partial charge in [0, 0.05) is 19.3 Å². The summed E-state index contributed by atoms with van der Waals surface area (Å²) in [7, 11) is 3.82. The van der Waals surface area contributed by atoms with E-state index in [9.17, 15) is 14.7 Å². The number of Topliss-reactive ketones (excluding diaryl/α,β-unsaturated/α-hetero) is 1. The first-order valence-corrected chi connectivity index (χ1v) is 11.3. The van der Waals surface area contributed by atoms with Crippen LogP contribution in [0, 0.1) is 13.8 Å². The van der Waals surface area contributed by atoms with Crippen molar-refractivity contribution in [1.29, 1.82) is 0 Å². The highest BCUT2D eigenvalue weighted by atomic mass is 16.5. The Bertz CT molecular complexity index is 1270. The first kappa shape index (κ1) is 23.5. The van der Waals surface area contributed by atoms with Gasteiger partial charge in [0.05, 0.1) is 23.9 Å². The lowest BCUT2D eigenvalue weighted by atomic mass is 9.96. The van der Waals surface area contributed by atoms with Gasteiger partial charge in [-0.2, -0.15) is 0 Å². The van der Waals surface area contributed by atoms with E-state index >= 15 is 0 Å². The van der Waals surface area contributed by atoms with E-state index in [1.807, 2.05) is 69.2 Å². The van der Waals surface area contributed by atoms with Crippen LogP contribution in [-0.2, 0) is 9.59 Å². The van der Waals surface area contributed by atoms with Crippen LogP contribution in [0.3, 0.4) is 0 Å². The molecule has 178 valence electrons. The van der Waals surface area contributed by atoms with Crippen LogP contribution in [0.2, 0.25) is 0 Å². The maximum atomic E-state index is 13.3. The number of imidazole rings is 1. The van der Waals surface area contributed by atoms with Crippen molar-refractivity contribution >= 4 is 23.1 Å². The van der Waals surface area contributed by atoms with Crippen LogP contribution >= 0.6 is 0 Å². The number of hydrogen-bond donors (Lipinski definition) is 1. The number of aliphatic hydroxyl groups is 1. The Balaban J connectivity index is 1.90. The summed E-state index contributed by atoms with van der Waals surface area (Å²) in [6.45, 7) is 7.09. The molecule has 1 atom stereocenters. The number of likely N-dealkylation sites (tertiary alicyclic amines) is 1. The van der Waals surface area contributed by atoms with E-state index < -0.39 is 17.7 Å². The number of aromatic nitrogens is 2. The molecule has 4 rings (SSSR count). The smallest absolute Gasteiger partial charge is 0.295 e. The molecule has 1 N–H and O–H groups in total. The van der Waals surface area contributed by atoms with Crippen molar-refractivity contribution in [1.82, 2.24) is 19.2 Å². The zero-order valence-electron chi connectivity index (χ0n) is 20.2. The van der Waals surface area contributed by atoms with Crippen molar-refractivity contribution in [2.45, 2.75) is 26.8 Å². The molecule has 1 amide bonds. The summed E-state index contributed by atoms with van der Waals surface area (Å²) in [6.07, 6.45) is 1.80. The number of likely N-dealkylation sites (N-methyl/N-ethyl adjacent to an activating group) is 1. The molecule has 0 aliphatic carbocycles. The molecule has 1 saturated heterocycles. The monoisotopic (exact) mass is 462 g/mol. The number of pyridine rings is 1. The molecule has 1 aliphatic rings. The van der Waals surface area contributed by atoms with Crippen LogP contribution in [-0.4, -0.2) is 69.8 Å². The second-order valence-electron chi connectivity index (χ2n) is 8.73. The minimum atomic E-state index is -0.717. The quantitative estimate of drug-likeness (QED) is 0.329. The third kappa shape index (κ3) is 4.05. The SMILES string of the molecule is CCOc1ccc([C@@H]2/C(=C(\O)c3c(C)nc4c(C)cccn34)C(=O)C(=O)N2CCN(C)C)cc1. The molecular formula is C26H30N4O4. The number of ether oxygens (including phenoxy) is 1. The number of hydrogen-bond acceptors (Lipinski definition) is 6. The van der Waals surface area contributed by atoms with E-state index in [1.54, 1.807) is 17.5 Å². The number of ketones is 1. The molecule has 2 aromatic heterocycles. The highest BCUT2D eigenvalue weighted by Crippen LogP contribution is 2.40. The van der Waals surface area contributed by atoms with Gasteiger partial charge in [0.2, 0.25) is 0 Å². The molecule has 34 heavy (non-hydrogen) atoms. The molecule has 0 bridgehead atoms. The zero-order valence-corrected chi connectivity index (χ0v) is 20.2. The predicted octanol–water partition coefficient (Wildman–Crippen LogP) is 3.33. The Labute approximate surface area is 199 Å². The normalized spacial score (nSPS) is 17.8. The van der Waals surface area contributed by atoms with Gasteiger partial charge < -0.3 is 19.6 Å². The highest BCUT2D eigenvalue weighted by molar-refractivity contribution is 6.46. The van der Waals surface area contributed by atoms with Crippen molar-refractivity contribution in [2.75, 3.05) is 33.8 Å². The van der Waals surface area contributed by atoms with Crippen LogP contribution in [0.5, 0.6) is 5.75 Å². The van der Waals surface area contributed by atoms with E-state index in [-0.39, 0.29) is 11.3 Å². The van der Waals surface area contributed by atoms with E-state index in [0.717, 1.165) is 11.1 Å². The number of benzene rings is 1. The van der Waals surface area contributed by atoms with Crippen LogP contribution in [0.1, 0.15) is 35.5 Å². The number of carbonyl (C=O) groups excluding carboxylic acids is 2. The number of fused-ring (bicyclic) bond motifs is 1. The summed E-state index contributed by atoms with van der Waals surface area (Å²) >= 11 is 0. The summed E-state index contributed by atoms with van der Waals surface area (Å²) in [5.74, 6) is -0.841. The molecule has 0 radical (unpaired) electrons. The zero-order chi connectivity index (χ0) is 24.6. The number of rotatable bonds is 7. The number of aliphatic hydroxyl groups excluding tert-OH is 1. The van der Waals surface area contributed by atoms with E-state index in [0.29, 0.717) is 42.5 Å². The van der Waals surface area contributed by atoms with Gasteiger partial charge in [0.25, 0.3) is 11.7 Å². The highest BCUT2D eigenvalue weighted by Gasteiger charge is 2.46. The van der Waals surface area contributed by atoms with E-state index in [1.165, 1.54) is 4.90 Å². The third-order valence-corrected chi connectivity index (χ3v) is 6.08. The van der Waals surface area contributed by atoms with Gasteiger partial charge in [-0.1, -0.05) is 18.2 Å².